The summed E-state index contributed by atoms with van der Waals surface area (Å²) >= 11 is 0. The smallest absolute Gasteiger partial charge is 0.248 e. The third kappa shape index (κ3) is 2.63. The number of benzene rings is 1. The summed E-state index contributed by atoms with van der Waals surface area (Å²) in [7, 11) is -3.02. The van der Waals surface area contributed by atoms with Crippen molar-refractivity contribution in [3.8, 4) is 0 Å². The van der Waals surface area contributed by atoms with Crippen LogP contribution in [0.1, 0.15) is 25.7 Å². The lowest BCUT2D eigenvalue weighted by molar-refractivity contribution is 0.250. The number of sulfonamides is 1. The zero-order valence-corrected chi connectivity index (χ0v) is 12.8. The summed E-state index contributed by atoms with van der Waals surface area (Å²) < 4.78 is 66.6. The fourth-order valence-electron chi connectivity index (χ4n) is 3.44. The van der Waals surface area contributed by atoms with Gasteiger partial charge in [-0.05, 0) is 25.7 Å². The van der Waals surface area contributed by atoms with Crippen molar-refractivity contribution in [2.24, 2.45) is 0 Å². The lowest BCUT2D eigenvalue weighted by Gasteiger charge is -2.34. The van der Waals surface area contributed by atoms with Gasteiger partial charge < -0.3 is 5.32 Å². The molecule has 0 radical (unpaired) electrons. The summed E-state index contributed by atoms with van der Waals surface area (Å²) in [5.74, 6) is -3.95. The van der Waals surface area contributed by atoms with Crippen molar-refractivity contribution in [2.45, 2.75) is 48.7 Å². The minimum Gasteiger partial charge on any atom is -0.311 e. The predicted octanol–water partition coefficient (Wildman–Crippen LogP) is 2.01. The third-order valence-corrected chi connectivity index (χ3v) is 6.52. The van der Waals surface area contributed by atoms with Crippen molar-refractivity contribution in [3.05, 3.63) is 29.6 Å². The van der Waals surface area contributed by atoms with Crippen LogP contribution in [0.3, 0.4) is 0 Å². The number of nitrogens with one attached hydrogen (secondary N) is 1. The van der Waals surface area contributed by atoms with E-state index in [1.807, 2.05) is 0 Å². The van der Waals surface area contributed by atoms with Crippen LogP contribution >= 0.6 is 0 Å². The molecular weight excluding hydrogens is 317 g/mol. The monoisotopic (exact) mass is 334 g/mol. The maximum atomic E-state index is 13.8. The van der Waals surface area contributed by atoms with E-state index >= 15 is 0 Å². The van der Waals surface area contributed by atoms with Gasteiger partial charge in [0.25, 0.3) is 0 Å². The summed E-state index contributed by atoms with van der Waals surface area (Å²) in [6, 6.07) is 0.937. The molecule has 4 nitrogen and oxygen atoms in total. The molecule has 22 heavy (non-hydrogen) atoms. The first-order valence-electron chi connectivity index (χ1n) is 7.17. The summed E-state index contributed by atoms with van der Waals surface area (Å²) in [6.07, 6.45) is 3.18. The number of hydrogen-bond donors (Lipinski definition) is 1. The Labute approximate surface area is 127 Å². The molecule has 0 spiro atoms. The SMILES string of the molecule is CN(C1CC2CCC(C1)N2)S(=O)(=O)c1c(F)cc(F)cc1F. The minimum absolute atomic E-state index is 0.240. The van der Waals surface area contributed by atoms with Crippen molar-refractivity contribution in [1.82, 2.24) is 9.62 Å². The third-order valence-electron chi connectivity index (χ3n) is 4.56. The second-order valence-corrected chi connectivity index (χ2v) is 7.92. The van der Waals surface area contributed by atoms with Crippen LogP contribution in [0.2, 0.25) is 0 Å². The number of rotatable bonds is 3. The van der Waals surface area contributed by atoms with Crippen molar-refractivity contribution in [1.29, 1.82) is 0 Å². The highest BCUT2D eigenvalue weighted by atomic mass is 32.2. The first-order valence-corrected chi connectivity index (χ1v) is 8.61. The fraction of sp³-hybridized carbons (Fsp3) is 0.571. The molecule has 2 unspecified atom stereocenters. The zero-order valence-electron chi connectivity index (χ0n) is 12.0. The molecule has 0 amide bonds. The number of hydrogen-bond acceptors (Lipinski definition) is 3. The molecule has 2 saturated heterocycles. The van der Waals surface area contributed by atoms with Crippen LogP contribution in [0, 0.1) is 17.5 Å². The van der Waals surface area contributed by atoms with Gasteiger partial charge in [-0.1, -0.05) is 0 Å². The Morgan fingerprint density at radius 1 is 1.09 bits per heavy atom. The van der Waals surface area contributed by atoms with Crippen LogP contribution < -0.4 is 5.32 Å². The van der Waals surface area contributed by atoms with E-state index in [1.54, 1.807) is 0 Å². The first kappa shape index (κ1) is 15.8. The second kappa shape index (κ2) is 5.50. The normalized spacial score (nSPS) is 28.3. The Bertz CT molecular complexity index is 660. The fourth-order valence-corrected chi connectivity index (χ4v) is 4.90. The molecule has 0 aliphatic carbocycles. The molecule has 0 saturated carbocycles. The minimum atomic E-state index is -4.35. The Balaban J connectivity index is 1.93. The zero-order chi connectivity index (χ0) is 16.1. The van der Waals surface area contributed by atoms with Crippen LogP contribution in [0.15, 0.2) is 17.0 Å². The molecule has 1 aromatic carbocycles. The molecule has 1 aromatic rings. The highest BCUT2D eigenvalue weighted by molar-refractivity contribution is 7.89. The van der Waals surface area contributed by atoms with Gasteiger partial charge in [0.05, 0.1) is 0 Å². The summed E-state index contributed by atoms with van der Waals surface area (Å²) in [5.41, 5.74) is 0. The standard InChI is InChI=1S/C14H17F3N2O2S/c1-19(11-6-9-2-3-10(7-11)18-9)22(20,21)14-12(16)4-8(15)5-13(14)17/h4-5,9-11,18H,2-3,6-7H2,1H3. The van der Waals surface area contributed by atoms with Crippen LogP contribution in [0.4, 0.5) is 13.2 Å². The topological polar surface area (TPSA) is 49.4 Å². The lowest BCUT2D eigenvalue weighted by Crippen LogP contribution is -2.48. The molecule has 2 heterocycles. The average Bonchev–Trinajstić information content (AvgIpc) is 2.75. The largest absolute Gasteiger partial charge is 0.311 e. The average molecular weight is 334 g/mol. The first-order chi connectivity index (χ1) is 10.3. The van der Waals surface area contributed by atoms with E-state index in [9.17, 15) is 21.6 Å². The Morgan fingerprint density at radius 2 is 1.59 bits per heavy atom. The molecule has 3 rings (SSSR count). The summed E-state index contributed by atoms with van der Waals surface area (Å²) in [4.78, 5) is -1.08. The summed E-state index contributed by atoms with van der Waals surface area (Å²) in [5, 5.41) is 3.38. The van der Waals surface area contributed by atoms with Crippen molar-refractivity contribution >= 4 is 10.0 Å². The maximum absolute atomic E-state index is 13.8. The number of halogens is 3. The molecular formula is C14H17F3N2O2S. The van der Waals surface area contributed by atoms with Crippen molar-refractivity contribution < 1.29 is 21.6 Å². The van der Waals surface area contributed by atoms with Gasteiger partial charge in [0, 0.05) is 37.3 Å². The van der Waals surface area contributed by atoms with Gasteiger partial charge in [0.1, 0.15) is 17.5 Å². The number of piperidine rings is 1. The molecule has 2 bridgehead atoms. The predicted molar refractivity (Wildman–Crippen MR) is 74.2 cm³/mol. The van der Waals surface area contributed by atoms with E-state index in [0.717, 1.165) is 17.1 Å². The molecule has 122 valence electrons. The lowest BCUT2D eigenvalue weighted by atomic mass is 10.0. The van der Waals surface area contributed by atoms with E-state index < -0.39 is 32.4 Å². The molecule has 8 heteroatoms. The van der Waals surface area contributed by atoms with Crippen molar-refractivity contribution in [3.63, 3.8) is 0 Å². The van der Waals surface area contributed by atoms with Crippen LogP contribution in [0.25, 0.3) is 0 Å². The molecule has 1 N–H and O–H groups in total. The Kier molecular flexibility index (Phi) is 3.94. The van der Waals surface area contributed by atoms with E-state index in [4.69, 9.17) is 0 Å². The van der Waals surface area contributed by atoms with Gasteiger partial charge >= 0.3 is 0 Å². The second-order valence-electron chi connectivity index (χ2n) is 5.98. The van der Waals surface area contributed by atoms with Gasteiger partial charge in [0.2, 0.25) is 10.0 Å². The van der Waals surface area contributed by atoms with Crippen molar-refractivity contribution in [2.75, 3.05) is 7.05 Å². The van der Waals surface area contributed by atoms with Crippen LogP contribution in [-0.4, -0.2) is 37.9 Å². The van der Waals surface area contributed by atoms with Gasteiger partial charge in [0.15, 0.2) is 4.90 Å². The maximum Gasteiger partial charge on any atom is 0.248 e. The van der Waals surface area contributed by atoms with Crippen LogP contribution in [-0.2, 0) is 10.0 Å². The van der Waals surface area contributed by atoms with Crippen LogP contribution in [0.5, 0.6) is 0 Å². The van der Waals surface area contributed by atoms with Gasteiger partial charge in [-0.2, -0.15) is 4.31 Å². The van der Waals surface area contributed by atoms with E-state index in [1.165, 1.54) is 7.05 Å². The molecule has 0 aromatic heterocycles. The van der Waals surface area contributed by atoms with E-state index in [-0.39, 0.29) is 18.1 Å². The molecule has 2 fully saturated rings. The number of fused-ring (bicyclic) bond motifs is 2. The van der Waals surface area contributed by atoms with Gasteiger partial charge in [-0.25, -0.2) is 21.6 Å². The molecule has 2 aliphatic rings. The Hall–Kier alpha value is -1.12. The van der Waals surface area contributed by atoms with E-state index in [0.29, 0.717) is 25.0 Å². The highest BCUT2D eigenvalue weighted by Crippen LogP contribution is 2.32. The molecule has 2 atom stereocenters. The van der Waals surface area contributed by atoms with Gasteiger partial charge in [-0.3, -0.25) is 0 Å². The van der Waals surface area contributed by atoms with Gasteiger partial charge in [-0.15, -0.1) is 0 Å². The number of nitrogens with zero attached hydrogens (tertiary/aromatic N) is 1. The highest BCUT2D eigenvalue weighted by Gasteiger charge is 2.40. The molecule has 2 aliphatic heterocycles. The quantitative estimate of drug-likeness (QED) is 0.920. The Morgan fingerprint density at radius 3 is 2.09 bits per heavy atom. The van der Waals surface area contributed by atoms with E-state index in [2.05, 4.69) is 5.32 Å². The summed E-state index contributed by atoms with van der Waals surface area (Å²) in [6.45, 7) is 0.